The normalized spacial score (nSPS) is 30.3. The molecular formula is C18H21N3O5. The third kappa shape index (κ3) is 2.24. The third-order valence-electron chi connectivity index (χ3n) is 6.74. The van der Waals surface area contributed by atoms with Gasteiger partial charge in [-0.25, -0.2) is 4.79 Å². The van der Waals surface area contributed by atoms with Crippen molar-refractivity contribution in [3.63, 3.8) is 0 Å². The van der Waals surface area contributed by atoms with Crippen LogP contribution >= 0.6 is 0 Å². The van der Waals surface area contributed by atoms with Gasteiger partial charge in [0.1, 0.15) is 0 Å². The average molecular weight is 359 g/mol. The van der Waals surface area contributed by atoms with Crippen LogP contribution in [0.5, 0.6) is 0 Å². The molecule has 2 aliphatic carbocycles. The number of hydrogen-bond acceptors (Lipinski definition) is 6. The van der Waals surface area contributed by atoms with Crippen LogP contribution in [-0.2, 0) is 9.63 Å². The Morgan fingerprint density at radius 1 is 1.27 bits per heavy atom. The third-order valence-corrected chi connectivity index (χ3v) is 6.74. The number of nitro groups is 1. The number of primary amides is 1. The second kappa shape index (κ2) is 5.62. The Morgan fingerprint density at radius 3 is 2.54 bits per heavy atom. The van der Waals surface area contributed by atoms with E-state index in [2.05, 4.69) is 5.16 Å². The van der Waals surface area contributed by atoms with E-state index in [9.17, 15) is 19.7 Å². The Balaban J connectivity index is 1.86. The molecule has 0 aliphatic heterocycles. The number of oxime groups is 1. The Bertz CT molecular complexity index is 847. The summed E-state index contributed by atoms with van der Waals surface area (Å²) in [7, 11) is 0. The molecule has 1 aromatic rings. The number of nitro benzene ring substituents is 1. The highest BCUT2D eigenvalue weighted by atomic mass is 16.7. The molecule has 26 heavy (non-hydrogen) atoms. The minimum absolute atomic E-state index is 0.0423. The summed E-state index contributed by atoms with van der Waals surface area (Å²) in [5.74, 6) is -1.14. The lowest BCUT2D eigenvalue weighted by molar-refractivity contribution is -0.384. The summed E-state index contributed by atoms with van der Waals surface area (Å²) < 4.78 is 0. The van der Waals surface area contributed by atoms with Gasteiger partial charge in [0.25, 0.3) is 5.69 Å². The van der Waals surface area contributed by atoms with Gasteiger partial charge in [-0.2, -0.15) is 0 Å². The largest absolute Gasteiger partial charge is 0.369 e. The maximum atomic E-state index is 12.2. The molecule has 2 fully saturated rings. The SMILES string of the molecule is CC12CCC(C(N)=O)(C/C1=N/OC(=O)c1cccc([N+](=O)[O-])c1)C2(C)C. The van der Waals surface area contributed by atoms with Crippen molar-refractivity contribution in [2.24, 2.45) is 27.1 Å². The fourth-order valence-corrected chi connectivity index (χ4v) is 4.46. The Labute approximate surface area is 150 Å². The van der Waals surface area contributed by atoms with Gasteiger partial charge < -0.3 is 10.6 Å². The van der Waals surface area contributed by atoms with Crippen molar-refractivity contribution < 1.29 is 19.3 Å². The number of nitrogens with zero attached hydrogens (tertiary/aromatic N) is 2. The van der Waals surface area contributed by atoms with Gasteiger partial charge in [0.05, 0.1) is 21.6 Å². The smallest absolute Gasteiger partial charge is 0.365 e. The summed E-state index contributed by atoms with van der Waals surface area (Å²) >= 11 is 0. The van der Waals surface area contributed by atoms with E-state index in [1.54, 1.807) is 0 Å². The fourth-order valence-electron chi connectivity index (χ4n) is 4.46. The highest BCUT2D eigenvalue weighted by Crippen LogP contribution is 2.70. The van der Waals surface area contributed by atoms with Crippen molar-refractivity contribution in [2.45, 2.75) is 40.0 Å². The van der Waals surface area contributed by atoms with Gasteiger partial charge in [0.2, 0.25) is 5.91 Å². The van der Waals surface area contributed by atoms with Crippen LogP contribution in [0.3, 0.4) is 0 Å². The van der Waals surface area contributed by atoms with E-state index in [4.69, 9.17) is 10.6 Å². The average Bonchev–Trinajstić information content (AvgIpc) is 2.90. The van der Waals surface area contributed by atoms with E-state index in [0.29, 0.717) is 18.6 Å². The first-order chi connectivity index (χ1) is 12.0. The molecule has 2 unspecified atom stereocenters. The molecule has 138 valence electrons. The number of amides is 1. The number of carbonyl (C=O) groups excluding carboxylic acids is 2. The first kappa shape index (κ1) is 18.0. The molecule has 0 heterocycles. The summed E-state index contributed by atoms with van der Waals surface area (Å²) in [5.41, 5.74) is 4.67. The summed E-state index contributed by atoms with van der Waals surface area (Å²) in [6, 6.07) is 5.26. The summed E-state index contributed by atoms with van der Waals surface area (Å²) in [6.45, 7) is 6.00. The van der Waals surface area contributed by atoms with Gasteiger partial charge in [-0.05, 0) is 24.3 Å². The van der Waals surface area contributed by atoms with Gasteiger partial charge in [0, 0.05) is 24.0 Å². The second-order valence-corrected chi connectivity index (χ2v) is 7.80. The predicted octanol–water partition coefficient (Wildman–Crippen LogP) is 2.81. The van der Waals surface area contributed by atoms with Gasteiger partial charge in [-0.1, -0.05) is 32.0 Å². The molecule has 3 rings (SSSR count). The topological polar surface area (TPSA) is 125 Å². The molecule has 0 saturated heterocycles. The quantitative estimate of drug-likeness (QED) is 0.503. The lowest BCUT2D eigenvalue weighted by Crippen LogP contribution is -2.44. The number of non-ortho nitro benzene ring substituents is 1. The molecule has 0 radical (unpaired) electrons. The van der Waals surface area contributed by atoms with Crippen molar-refractivity contribution in [3.8, 4) is 0 Å². The first-order valence-corrected chi connectivity index (χ1v) is 8.38. The van der Waals surface area contributed by atoms with Crippen LogP contribution < -0.4 is 5.73 Å². The predicted molar refractivity (Wildman–Crippen MR) is 93.3 cm³/mol. The lowest BCUT2D eigenvalue weighted by atomic mass is 9.64. The van der Waals surface area contributed by atoms with E-state index >= 15 is 0 Å². The minimum Gasteiger partial charge on any atom is -0.369 e. The van der Waals surface area contributed by atoms with E-state index < -0.39 is 27.1 Å². The maximum absolute atomic E-state index is 12.2. The minimum atomic E-state index is -0.779. The van der Waals surface area contributed by atoms with E-state index in [-0.39, 0.29) is 17.2 Å². The molecule has 8 nitrogen and oxygen atoms in total. The summed E-state index contributed by atoms with van der Waals surface area (Å²) in [6.07, 6.45) is 1.77. The van der Waals surface area contributed by atoms with Crippen LogP contribution in [0.25, 0.3) is 0 Å². The monoisotopic (exact) mass is 359 g/mol. The van der Waals surface area contributed by atoms with Gasteiger partial charge in [-0.3, -0.25) is 14.9 Å². The number of rotatable bonds is 4. The first-order valence-electron chi connectivity index (χ1n) is 8.38. The molecule has 2 bridgehead atoms. The van der Waals surface area contributed by atoms with Gasteiger partial charge in [-0.15, -0.1) is 0 Å². The molecule has 1 aromatic carbocycles. The zero-order chi connectivity index (χ0) is 19.3. The van der Waals surface area contributed by atoms with E-state index in [0.717, 1.165) is 12.5 Å². The number of hydrogen-bond donors (Lipinski definition) is 1. The summed E-state index contributed by atoms with van der Waals surface area (Å²) in [4.78, 5) is 39.7. The van der Waals surface area contributed by atoms with Crippen molar-refractivity contribution in [1.82, 2.24) is 0 Å². The Morgan fingerprint density at radius 2 is 1.96 bits per heavy atom. The van der Waals surface area contributed by atoms with Crippen LogP contribution in [-0.4, -0.2) is 22.5 Å². The molecule has 2 aliphatic rings. The van der Waals surface area contributed by atoms with Gasteiger partial charge >= 0.3 is 5.97 Å². The molecule has 0 spiro atoms. The van der Waals surface area contributed by atoms with Crippen LogP contribution in [0.2, 0.25) is 0 Å². The standard InChI is InChI=1S/C18H21N3O5/c1-16(2)17(3)7-8-18(16,15(19)23)10-13(17)20-26-14(22)11-5-4-6-12(9-11)21(24)25/h4-6,9H,7-8,10H2,1-3H3,(H2,19,23)/b20-13-. The zero-order valence-corrected chi connectivity index (χ0v) is 14.9. The van der Waals surface area contributed by atoms with Crippen molar-refractivity contribution >= 4 is 23.3 Å². The summed E-state index contributed by atoms with van der Waals surface area (Å²) in [5, 5.41) is 14.9. The fraction of sp³-hybridized carbons (Fsp3) is 0.500. The molecule has 2 atom stereocenters. The molecule has 2 saturated carbocycles. The van der Waals surface area contributed by atoms with E-state index in [1.807, 2.05) is 20.8 Å². The number of benzene rings is 1. The molecule has 0 aromatic heterocycles. The van der Waals surface area contributed by atoms with Crippen LogP contribution in [0.4, 0.5) is 5.69 Å². The lowest BCUT2D eigenvalue weighted by Gasteiger charge is -2.38. The van der Waals surface area contributed by atoms with E-state index in [1.165, 1.54) is 18.2 Å². The van der Waals surface area contributed by atoms with Crippen LogP contribution in [0.15, 0.2) is 29.4 Å². The maximum Gasteiger partial charge on any atom is 0.365 e. The highest BCUT2D eigenvalue weighted by molar-refractivity contribution is 6.02. The Kier molecular flexibility index (Phi) is 3.90. The van der Waals surface area contributed by atoms with Crippen LogP contribution in [0, 0.1) is 26.4 Å². The molecular weight excluding hydrogens is 338 g/mol. The van der Waals surface area contributed by atoms with Crippen molar-refractivity contribution in [3.05, 3.63) is 39.9 Å². The van der Waals surface area contributed by atoms with Crippen molar-refractivity contribution in [2.75, 3.05) is 0 Å². The second-order valence-electron chi connectivity index (χ2n) is 7.80. The highest BCUT2D eigenvalue weighted by Gasteiger charge is 2.71. The molecule has 2 N–H and O–H groups in total. The zero-order valence-electron chi connectivity index (χ0n) is 14.9. The Hall–Kier alpha value is -2.77. The number of nitrogens with two attached hydrogens (primary N) is 1. The molecule has 8 heteroatoms. The van der Waals surface area contributed by atoms with Crippen molar-refractivity contribution in [1.29, 1.82) is 0 Å². The molecule has 1 amide bonds. The number of carbonyl (C=O) groups is 2. The number of fused-ring (bicyclic) bond motifs is 2. The van der Waals surface area contributed by atoms with Gasteiger partial charge in [0.15, 0.2) is 0 Å². The van der Waals surface area contributed by atoms with Crippen LogP contribution in [0.1, 0.15) is 50.4 Å².